The van der Waals surface area contributed by atoms with Gasteiger partial charge < -0.3 is 19.5 Å². The van der Waals surface area contributed by atoms with Crippen LogP contribution in [-0.4, -0.2) is 59.3 Å². The molecule has 0 bridgehead atoms. The van der Waals surface area contributed by atoms with Crippen LogP contribution in [0.2, 0.25) is 0 Å². The van der Waals surface area contributed by atoms with Crippen LogP contribution in [-0.2, 0) is 14.2 Å². The molecule has 0 unspecified atom stereocenters. The van der Waals surface area contributed by atoms with Crippen molar-refractivity contribution in [2.45, 2.75) is 0 Å². The number of hydrogen-bond acceptors (Lipinski definition) is 8. The van der Waals surface area contributed by atoms with Crippen molar-refractivity contribution in [2.75, 3.05) is 38.9 Å². The fraction of sp³-hybridized carbons (Fsp3) is 0.217. The van der Waals surface area contributed by atoms with E-state index in [0.29, 0.717) is 17.0 Å². The maximum absolute atomic E-state index is 14.4. The minimum Gasteiger partial charge on any atom is -0.464 e. The highest BCUT2D eigenvalue weighted by Crippen LogP contribution is 2.23. The first-order valence-corrected chi connectivity index (χ1v) is 10.2. The largest absolute Gasteiger partial charge is 0.464 e. The SMILES string of the molecule is C1COCCO1.COC(=O)c1ccc2cnc(Nc3ccc(-n4cccn4)cc3F)cc2n1. The molecule has 10 heteroatoms. The van der Waals surface area contributed by atoms with Crippen LogP contribution in [0.4, 0.5) is 15.9 Å². The molecule has 4 heterocycles. The average Bonchev–Trinajstić information content (AvgIpc) is 3.41. The molecule has 0 radical (unpaired) electrons. The van der Waals surface area contributed by atoms with E-state index in [0.717, 1.165) is 31.8 Å². The quantitative estimate of drug-likeness (QED) is 0.471. The van der Waals surface area contributed by atoms with Crippen molar-refractivity contribution in [3.8, 4) is 5.69 Å². The predicted octanol–water partition coefficient (Wildman–Crippen LogP) is 3.52. The second-order valence-electron chi connectivity index (χ2n) is 6.91. The average molecular weight is 451 g/mol. The van der Waals surface area contributed by atoms with Gasteiger partial charge in [-0.3, -0.25) is 0 Å². The van der Waals surface area contributed by atoms with E-state index in [1.54, 1.807) is 59.7 Å². The number of fused-ring (bicyclic) bond motifs is 1. The summed E-state index contributed by atoms with van der Waals surface area (Å²) >= 11 is 0. The smallest absolute Gasteiger partial charge is 0.356 e. The molecule has 1 fully saturated rings. The Balaban J connectivity index is 0.000000376. The molecule has 170 valence electrons. The number of hydrogen-bond donors (Lipinski definition) is 1. The number of benzene rings is 1. The molecule has 9 nitrogen and oxygen atoms in total. The van der Waals surface area contributed by atoms with Gasteiger partial charge in [0.25, 0.3) is 0 Å². The summed E-state index contributed by atoms with van der Waals surface area (Å²) in [6.07, 6.45) is 4.96. The zero-order chi connectivity index (χ0) is 23.0. The van der Waals surface area contributed by atoms with Crippen LogP contribution in [0, 0.1) is 5.82 Å². The number of aromatic nitrogens is 4. The van der Waals surface area contributed by atoms with Crippen molar-refractivity contribution in [3.63, 3.8) is 0 Å². The molecule has 4 aromatic rings. The third-order valence-corrected chi connectivity index (χ3v) is 4.70. The van der Waals surface area contributed by atoms with Crippen molar-refractivity contribution in [2.24, 2.45) is 0 Å². The summed E-state index contributed by atoms with van der Waals surface area (Å²) in [6.45, 7) is 3.11. The minimum atomic E-state index is -0.525. The maximum Gasteiger partial charge on any atom is 0.356 e. The first kappa shape index (κ1) is 22.3. The van der Waals surface area contributed by atoms with Gasteiger partial charge in [0.15, 0.2) is 0 Å². The molecule has 1 aliphatic heterocycles. The molecule has 0 amide bonds. The molecule has 1 saturated heterocycles. The van der Waals surface area contributed by atoms with E-state index in [2.05, 4.69) is 25.1 Å². The number of carbonyl (C=O) groups excluding carboxylic acids is 1. The zero-order valence-electron chi connectivity index (χ0n) is 17.9. The number of nitrogens with zero attached hydrogens (tertiary/aromatic N) is 4. The number of methoxy groups -OCH3 is 1. The maximum atomic E-state index is 14.4. The summed E-state index contributed by atoms with van der Waals surface area (Å²) in [7, 11) is 1.30. The number of carbonyl (C=O) groups is 1. The molecular weight excluding hydrogens is 429 g/mol. The lowest BCUT2D eigenvalue weighted by molar-refractivity contribution is -0.0334. The lowest BCUT2D eigenvalue weighted by atomic mass is 10.2. The van der Waals surface area contributed by atoms with Crippen LogP contribution in [0.1, 0.15) is 10.5 Å². The molecule has 5 rings (SSSR count). The van der Waals surface area contributed by atoms with Gasteiger partial charge in [-0.2, -0.15) is 5.10 Å². The van der Waals surface area contributed by atoms with Crippen molar-refractivity contribution in [1.29, 1.82) is 0 Å². The van der Waals surface area contributed by atoms with Gasteiger partial charge in [-0.15, -0.1) is 0 Å². The third-order valence-electron chi connectivity index (χ3n) is 4.70. The Labute approximate surface area is 189 Å². The van der Waals surface area contributed by atoms with E-state index in [1.165, 1.54) is 13.2 Å². The van der Waals surface area contributed by atoms with E-state index in [-0.39, 0.29) is 11.4 Å². The second kappa shape index (κ2) is 10.6. The Morgan fingerprint density at radius 1 is 1.12 bits per heavy atom. The highest BCUT2D eigenvalue weighted by atomic mass is 19.1. The number of pyridine rings is 2. The lowest BCUT2D eigenvalue weighted by Gasteiger charge is -2.09. The molecule has 1 aliphatic rings. The number of esters is 1. The van der Waals surface area contributed by atoms with Crippen molar-refractivity contribution >= 4 is 28.4 Å². The summed E-state index contributed by atoms with van der Waals surface area (Å²) in [5, 5.41) is 7.76. The first-order valence-electron chi connectivity index (χ1n) is 10.2. The predicted molar refractivity (Wildman–Crippen MR) is 119 cm³/mol. The van der Waals surface area contributed by atoms with E-state index in [4.69, 9.17) is 9.47 Å². The highest BCUT2D eigenvalue weighted by Gasteiger charge is 2.10. The van der Waals surface area contributed by atoms with Crippen molar-refractivity contribution < 1.29 is 23.4 Å². The van der Waals surface area contributed by atoms with Gasteiger partial charge in [-0.1, -0.05) is 0 Å². The minimum absolute atomic E-state index is 0.192. The van der Waals surface area contributed by atoms with E-state index in [9.17, 15) is 9.18 Å². The highest BCUT2D eigenvalue weighted by molar-refractivity contribution is 5.91. The van der Waals surface area contributed by atoms with E-state index >= 15 is 0 Å². The van der Waals surface area contributed by atoms with E-state index < -0.39 is 11.8 Å². The van der Waals surface area contributed by atoms with Crippen LogP contribution in [0.25, 0.3) is 16.6 Å². The van der Waals surface area contributed by atoms with Crippen LogP contribution in [0.5, 0.6) is 0 Å². The normalized spacial score (nSPS) is 13.2. The molecule has 0 saturated carbocycles. The Bertz CT molecular complexity index is 1220. The molecule has 3 aromatic heterocycles. The molecule has 0 spiro atoms. The molecule has 1 aromatic carbocycles. The Morgan fingerprint density at radius 3 is 2.55 bits per heavy atom. The van der Waals surface area contributed by atoms with Gasteiger partial charge >= 0.3 is 5.97 Å². The lowest BCUT2D eigenvalue weighted by Crippen LogP contribution is -2.16. The summed E-state index contributed by atoms with van der Waals surface area (Å²) in [5.74, 6) is -0.563. The number of halogens is 1. The van der Waals surface area contributed by atoms with Crippen LogP contribution in [0.15, 0.2) is 61.1 Å². The molecule has 33 heavy (non-hydrogen) atoms. The van der Waals surface area contributed by atoms with Crippen molar-refractivity contribution in [1.82, 2.24) is 19.7 Å². The van der Waals surface area contributed by atoms with Gasteiger partial charge in [0.05, 0.1) is 50.4 Å². The van der Waals surface area contributed by atoms with Crippen LogP contribution < -0.4 is 5.32 Å². The first-order chi connectivity index (χ1) is 16.1. The topological polar surface area (TPSA) is 100 Å². The van der Waals surface area contributed by atoms with Crippen LogP contribution >= 0.6 is 0 Å². The Hall–Kier alpha value is -3.89. The molecule has 0 aliphatic carbocycles. The molecule has 0 atom stereocenters. The number of nitrogens with one attached hydrogen (secondary N) is 1. The second-order valence-corrected chi connectivity index (χ2v) is 6.91. The van der Waals surface area contributed by atoms with Gasteiger partial charge in [-0.05, 0) is 30.3 Å². The van der Waals surface area contributed by atoms with Gasteiger partial charge in [0.2, 0.25) is 0 Å². The molecular formula is C23H22FN5O4. The van der Waals surface area contributed by atoms with Gasteiger partial charge in [0.1, 0.15) is 17.3 Å². The summed E-state index contributed by atoms with van der Waals surface area (Å²) < 4.78 is 30.6. The number of ether oxygens (including phenoxy) is 3. The Morgan fingerprint density at radius 2 is 1.91 bits per heavy atom. The van der Waals surface area contributed by atoms with Gasteiger partial charge in [-0.25, -0.2) is 23.8 Å². The number of anilines is 2. The van der Waals surface area contributed by atoms with Gasteiger partial charge in [0, 0.05) is 36.1 Å². The number of rotatable bonds is 4. The third kappa shape index (κ3) is 5.68. The Kier molecular flexibility index (Phi) is 7.18. The fourth-order valence-corrected chi connectivity index (χ4v) is 3.05. The summed E-state index contributed by atoms with van der Waals surface area (Å²) in [5.41, 5.74) is 1.61. The summed E-state index contributed by atoms with van der Waals surface area (Å²) in [4.78, 5) is 20.2. The van der Waals surface area contributed by atoms with Crippen LogP contribution in [0.3, 0.4) is 0 Å². The molecule has 1 N–H and O–H groups in total. The van der Waals surface area contributed by atoms with E-state index in [1.807, 2.05) is 0 Å². The standard InChI is InChI=1S/C19H14FN5O2.C4H8O2/c1-27-19(26)16-5-3-12-11-21-18(10-17(12)23-16)24-15-6-4-13(9-14(15)20)25-8-2-7-22-25;1-2-6-4-3-5-1/h2-11H,1H3,(H,21,24);1-4H2. The summed E-state index contributed by atoms with van der Waals surface area (Å²) in [6, 6.07) is 11.4. The monoisotopic (exact) mass is 451 g/mol. The fourth-order valence-electron chi connectivity index (χ4n) is 3.05. The zero-order valence-corrected chi connectivity index (χ0v) is 17.9. The van der Waals surface area contributed by atoms with Crippen molar-refractivity contribution in [3.05, 3.63) is 72.6 Å².